The Labute approximate surface area is 120 Å². The number of rotatable bonds is 3. The Morgan fingerprint density at radius 1 is 1.21 bits per heavy atom. The quantitative estimate of drug-likeness (QED) is 0.883. The lowest BCUT2D eigenvalue weighted by Crippen LogP contribution is -1.96. The second-order valence-electron chi connectivity index (χ2n) is 4.37. The molecule has 0 aliphatic carbocycles. The van der Waals surface area contributed by atoms with E-state index in [4.69, 9.17) is 4.74 Å². The molecule has 0 spiro atoms. The molecule has 0 aliphatic heterocycles. The van der Waals surface area contributed by atoms with Crippen molar-refractivity contribution in [2.45, 2.75) is 20.0 Å². The highest BCUT2D eigenvalue weighted by atomic mass is 79.9. The number of aryl methyl sites for hydroxylation is 1. The van der Waals surface area contributed by atoms with E-state index in [1.54, 1.807) is 38.1 Å². The van der Waals surface area contributed by atoms with Crippen molar-refractivity contribution < 1.29 is 14.2 Å². The third-order valence-electron chi connectivity index (χ3n) is 2.78. The van der Waals surface area contributed by atoms with Crippen LogP contribution in [0.2, 0.25) is 0 Å². The van der Waals surface area contributed by atoms with Gasteiger partial charge in [-0.15, -0.1) is 0 Å². The first kappa shape index (κ1) is 14.0. The maximum absolute atomic E-state index is 13.2. The van der Waals surface area contributed by atoms with E-state index in [0.717, 1.165) is 4.47 Å². The maximum Gasteiger partial charge on any atom is 0.134 e. The number of benzene rings is 2. The summed E-state index contributed by atoms with van der Waals surface area (Å²) in [5, 5.41) is 9.72. The Balaban J connectivity index is 2.36. The maximum atomic E-state index is 13.2. The summed E-state index contributed by atoms with van der Waals surface area (Å²) in [4.78, 5) is 0. The van der Waals surface area contributed by atoms with Gasteiger partial charge in [0.05, 0.1) is 6.10 Å². The first-order valence-corrected chi connectivity index (χ1v) is 6.68. The molecule has 0 saturated heterocycles. The van der Waals surface area contributed by atoms with Crippen LogP contribution in [0, 0.1) is 12.7 Å². The third-order valence-corrected chi connectivity index (χ3v) is 3.28. The van der Waals surface area contributed by atoms with Gasteiger partial charge in [-0.3, -0.25) is 0 Å². The fraction of sp³-hybridized carbons (Fsp3) is 0.200. The normalized spacial score (nSPS) is 12.3. The van der Waals surface area contributed by atoms with Gasteiger partial charge >= 0.3 is 0 Å². The Hall–Kier alpha value is -1.39. The first-order chi connectivity index (χ1) is 8.97. The SMILES string of the molecule is Cc1cc(Oc2cc(Br)ccc2C(C)O)ccc1F. The molecular weight excluding hydrogens is 311 g/mol. The molecule has 2 rings (SSSR count). The standard InChI is InChI=1S/C15H14BrFO2/c1-9-7-12(4-6-14(9)17)19-15-8-11(16)3-5-13(15)10(2)18/h3-8,10,18H,1-2H3. The molecule has 0 amide bonds. The second-order valence-corrected chi connectivity index (χ2v) is 5.29. The summed E-state index contributed by atoms with van der Waals surface area (Å²) in [6.45, 7) is 3.35. The Kier molecular flexibility index (Phi) is 4.22. The van der Waals surface area contributed by atoms with Crippen molar-refractivity contribution in [3.63, 3.8) is 0 Å². The summed E-state index contributed by atoms with van der Waals surface area (Å²) in [5.41, 5.74) is 1.20. The van der Waals surface area contributed by atoms with Crippen LogP contribution in [0.25, 0.3) is 0 Å². The smallest absolute Gasteiger partial charge is 0.134 e. The fourth-order valence-electron chi connectivity index (χ4n) is 1.75. The van der Waals surface area contributed by atoms with Gasteiger partial charge in [0.1, 0.15) is 17.3 Å². The highest BCUT2D eigenvalue weighted by Crippen LogP contribution is 2.32. The molecule has 100 valence electrons. The molecule has 1 unspecified atom stereocenters. The number of aliphatic hydroxyl groups is 1. The van der Waals surface area contributed by atoms with E-state index in [-0.39, 0.29) is 5.82 Å². The van der Waals surface area contributed by atoms with Gasteiger partial charge in [0.15, 0.2) is 0 Å². The molecule has 0 heterocycles. The topological polar surface area (TPSA) is 29.5 Å². The molecule has 0 saturated carbocycles. The van der Waals surface area contributed by atoms with E-state index in [2.05, 4.69) is 15.9 Å². The summed E-state index contributed by atoms with van der Waals surface area (Å²) in [6, 6.07) is 9.97. The van der Waals surface area contributed by atoms with Crippen LogP contribution in [0.4, 0.5) is 4.39 Å². The molecule has 2 aromatic carbocycles. The average molecular weight is 325 g/mol. The van der Waals surface area contributed by atoms with Crippen LogP contribution in [0.5, 0.6) is 11.5 Å². The van der Waals surface area contributed by atoms with Gasteiger partial charge in [-0.25, -0.2) is 4.39 Å². The Morgan fingerprint density at radius 2 is 1.95 bits per heavy atom. The highest BCUT2D eigenvalue weighted by Gasteiger charge is 2.11. The number of ether oxygens (including phenoxy) is 1. The molecule has 0 fully saturated rings. The fourth-order valence-corrected chi connectivity index (χ4v) is 2.09. The van der Waals surface area contributed by atoms with Crippen LogP contribution in [0.3, 0.4) is 0 Å². The minimum atomic E-state index is -0.635. The van der Waals surface area contributed by atoms with Crippen LogP contribution in [-0.4, -0.2) is 5.11 Å². The van der Waals surface area contributed by atoms with Gasteiger partial charge in [0, 0.05) is 10.0 Å². The molecule has 2 aromatic rings. The molecule has 1 N–H and O–H groups in total. The summed E-state index contributed by atoms with van der Waals surface area (Å²) >= 11 is 3.36. The lowest BCUT2D eigenvalue weighted by atomic mass is 10.1. The average Bonchev–Trinajstić information content (AvgIpc) is 2.33. The van der Waals surface area contributed by atoms with Crippen LogP contribution in [0.15, 0.2) is 40.9 Å². The molecule has 0 aromatic heterocycles. The Bertz CT molecular complexity index is 597. The number of hydrogen-bond donors (Lipinski definition) is 1. The third kappa shape index (κ3) is 3.33. The van der Waals surface area contributed by atoms with E-state index in [1.165, 1.54) is 6.07 Å². The molecule has 19 heavy (non-hydrogen) atoms. The van der Waals surface area contributed by atoms with E-state index in [1.807, 2.05) is 6.07 Å². The largest absolute Gasteiger partial charge is 0.457 e. The van der Waals surface area contributed by atoms with Crippen molar-refractivity contribution in [3.05, 3.63) is 57.8 Å². The zero-order valence-corrected chi connectivity index (χ0v) is 12.2. The van der Waals surface area contributed by atoms with Crippen LogP contribution >= 0.6 is 15.9 Å². The molecule has 2 nitrogen and oxygen atoms in total. The lowest BCUT2D eigenvalue weighted by Gasteiger charge is -2.14. The van der Waals surface area contributed by atoms with Gasteiger partial charge in [0.25, 0.3) is 0 Å². The van der Waals surface area contributed by atoms with Gasteiger partial charge < -0.3 is 9.84 Å². The van der Waals surface area contributed by atoms with Crippen LogP contribution in [-0.2, 0) is 0 Å². The van der Waals surface area contributed by atoms with Gasteiger partial charge in [0.2, 0.25) is 0 Å². The summed E-state index contributed by atoms with van der Waals surface area (Å²) in [7, 11) is 0. The molecule has 0 bridgehead atoms. The minimum Gasteiger partial charge on any atom is -0.457 e. The number of hydrogen-bond acceptors (Lipinski definition) is 2. The van der Waals surface area contributed by atoms with Crippen molar-refractivity contribution in [1.29, 1.82) is 0 Å². The zero-order valence-electron chi connectivity index (χ0n) is 10.7. The van der Waals surface area contributed by atoms with Gasteiger partial charge in [-0.2, -0.15) is 0 Å². The minimum absolute atomic E-state index is 0.266. The zero-order chi connectivity index (χ0) is 14.0. The van der Waals surface area contributed by atoms with Gasteiger partial charge in [-0.1, -0.05) is 22.0 Å². The van der Waals surface area contributed by atoms with Crippen molar-refractivity contribution in [1.82, 2.24) is 0 Å². The summed E-state index contributed by atoms with van der Waals surface area (Å²) in [6.07, 6.45) is -0.635. The van der Waals surface area contributed by atoms with E-state index < -0.39 is 6.10 Å². The van der Waals surface area contributed by atoms with Gasteiger partial charge in [-0.05, 0) is 49.7 Å². The lowest BCUT2D eigenvalue weighted by molar-refractivity contribution is 0.195. The van der Waals surface area contributed by atoms with Crippen molar-refractivity contribution in [2.75, 3.05) is 0 Å². The predicted molar refractivity (Wildman–Crippen MR) is 76.0 cm³/mol. The predicted octanol–water partition coefficient (Wildman–Crippen LogP) is 4.74. The van der Waals surface area contributed by atoms with Crippen molar-refractivity contribution in [3.8, 4) is 11.5 Å². The molecule has 4 heteroatoms. The van der Waals surface area contributed by atoms with E-state index in [9.17, 15) is 9.50 Å². The Morgan fingerprint density at radius 3 is 2.58 bits per heavy atom. The highest BCUT2D eigenvalue weighted by molar-refractivity contribution is 9.10. The van der Waals surface area contributed by atoms with Crippen molar-refractivity contribution >= 4 is 15.9 Å². The second kappa shape index (κ2) is 5.72. The first-order valence-electron chi connectivity index (χ1n) is 5.89. The van der Waals surface area contributed by atoms with Crippen molar-refractivity contribution in [2.24, 2.45) is 0 Å². The monoisotopic (exact) mass is 324 g/mol. The molecule has 0 radical (unpaired) electrons. The van der Waals surface area contributed by atoms with Crippen LogP contribution in [0.1, 0.15) is 24.2 Å². The van der Waals surface area contributed by atoms with Crippen LogP contribution < -0.4 is 4.74 Å². The number of halogens is 2. The van der Waals surface area contributed by atoms with E-state index >= 15 is 0 Å². The number of aliphatic hydroxyl groups excluding tert-OH is 1. The molecule has 1 atom stereocenters. The summed E-state index contributed by atoms with van der Waals surface area (Å²) < 4.78 is 19.8. The molecule has 0 aliphatic rings. The summed E-state index contributed by atoms with van der Waals surface area (Å²) in [5.74, 6) is 0.826. The molecular formula is C15H14BrFO2. The van der Waals surface area contributed by atoms with E-state index in [0.29, 0.717) is 22.6 Å².